The molecule has 1 atom stereocenters. The van der Waals surface area contributed by atoms with Gasteiger partial charge in [0, 0.05) is 18.3 Å². The molecule has 0 aliphatic rings. The Labute approximate surface area is 202 Å². The molecule has 3 N–H and O–H groups in total. The third-order valence-electron chi connectivity index (χ3n) is 5.21. The number of carbonyl (C=O) groups is 2. The summed E-state index contributed by atoms with van der Waals surface area (Å²) >= 11 is 1.23. The van der Waals surface area contributed by atoms with E-state index in [-0.39, 0.29) is 30.1 Å². The molecule has 10 heteroatoms. The molecule has 3 rings (SSSR count). The van der Waals surface area contributed by atoms with Crippen LogP contribution in [-0.4, -0.2) is 51.2 Å². The number of methoxy groups -OCH3 is 1. The topological polar surface area (TPSA) is 118 Å². The van der Waals surface area contributed by atoms with E-state index >= 15 is 0 Å². The van der Waals surface area contributed by atoms with Gasteiger partial charge in [0.2, 0.25) is 5.91 Å². The van der Waals surface area contributed by atoms with Gasteiger partial charge < -0.3 is 25.0 Å². The van der Waals surface area contributed by atoms with Gasteiger partial charge in [-0.1, -0.05) is 43.8 Å². The van der Waals surface area contributed by atoms with Gasteiger partial charge in [0.25, 0.3) is 5.91 Å². The van der Waals surface area contributed by atoms with Crippen molar-refractivity contribution in [1.82, 2.24) is 20.1 Å². The average molecular weight is 484 g/mol. The van der Waals surface area contributed by atoms with Gasteiger partial charge in [-0.25, -0.2) is 0 Å². The number of benzene rings is 2. The second-order valence-electron chi connectivity index (χ2n) is 7.92. The molecule has 1 aromatic heterocycles. The zero-order chi connectivity index (χ0) is 24.7. The maximum absolute atomic E-state index is 12.6. The SMILES string of the molecule is COc1ccc(C(=O)NC(CO)c2nnc(SCC(=O)Nc3ccccc3C(C)C)n2C)cc1. The maximum Gasteiger partial charge on any atom is 0.251 e. The van der Waals surface area contributed by atoms with Crippen molar-refractivity contribution in [1.29, 1.82) is 0 Å². The van der Waals surface area contributed by atoms with Gasteiger partial charge >= 0.3 is 0 Å². The van der Waals surface area contributed by atoms with Crippen LogP contribution in [0.15, 0.2) is 53.7 Å². The molecule has 0 aliphatic carbocycles. The second kappa shape index (κ2) is 11.7. The van der Waals surface area contributed by atoms with Gasteiger partial charge in [-0.3, -0.25) is 9.59 Å². The van der Waals surface area contributed by atoms with Crippen LogP contribution in [0.1, 0.15) is 47.6 Å². The number of nitrogens with zero attached hydrogens (tertiary/aromatic N) is 3. The Morgan fingerprint density at radius 2 is 1.82 bits per heavy atom. The van der Waals surface area contributed by atoms with Gasteiger partial charge in [0.1, 0.15) is 11.8 Å². The molecular weight excluding hydrogens is 454 g/mol. The van der Waals surface area contributed by atoms with Crippen LogP contribution in [0.5, 0.6) is 5.75 Å². The normalized spacial score (nSPS) is 11.8. The molecule has 0 saturated carbocycles. The lowest BCUT2D eigenvalue weighted by atomic mass is 10.0. The number of para-hydroxylation sites is 1. The summed E-state index contributed by atoms with van der Waals surface area (Å²) in [5.74, 6) is 0.935. The molecule has 9 nitrogen and oxygen atoms in total. The lowest BCUT2D eigenvalue weighted by Crippen LogP contribution is -2.32. The van der Waals surface area contributed by atoms with E-state index < -0.39 is 6.04 Å². The van der Waals surface area contributed by atoms with E-state index in [2.05, 4.69) is 34.7 Å². The molecule has 0 bridgehead atoms. The zero-order valence-electron chi connectivity index (χ0n) is 19.6. The molecule has 0 spiro atoms. The molecule has 180 valence electrons. The van der Waals surface area contributed by atoms with Crippen molar-refractivity contribution in [3.05, 3.63) is 65.5 Å². The lowest BCUT2D eigenvalue weighted by molar-refractivity contribution is -0.113. The molecule has 0 aliphatic heterocycles. The Balaban J connectivity index is 1.62. The van der Waals surface area contributed by atoms with E-state index in [4.69, 9.17) is 4.74 Å². The number of amides is 2. The predicted molar refractivity (Wildman–Crippen MR) is 131 cm³/mol. The highest BCUT2D eigenvalue weighted by atomic mass is 32.2. The summed E-state index contributed by atoms with van der Waals surface area (Å²) in [5.41, 5.74) is 2.29. The van der Waals surface area contributed by atoms with Gasteiger partial charge in [0.05, 0.1) is 19.5 Å². The van der Waals surface area contributed by atoms with Crippen molar-refractivity contribution < 1.29 is 19.4 Å². The molecule has 1 unspecified atom stereocenters. The summed E-state index contributed by atoms with van der Waals surface area (Å²) in [5, 5.41) is 24.3. The van der Waals surface area contributed by atoms with Crippen LogP contribution < -0.4 is 15.4 Å². The number of aliphatic hydroxyl groups is 1. The minimum atomic E-state index is -0.756. The minimum absolute atomic E-state index is 0.139. The third kappa shape index (κ3) is 6.15. The molecule has 2 amide bonds. The van der Waals surface area contributed by atoms with Gasteiger partial charge in [-0.05, 0) is 41.8 Å². The highest BCUT2D eigenvalue weighted by molar-refractivity contribution is 7.99. The van der Waals surface area contributed by atoms with Crippen molar-refractivity contribution in [2.24, 2.45) is 7.05 Å². The van der Waals surface area contributed by atoms with Crippen LogP contribution in [0.4, 0.5) is 5.69 Å². The van der Waals surface area contributed by atoms with E-state index in [1.807, 2.05) is 24.3 Å². The first-order chi connectivity index (χ1) is 16.3. The summed E-state index contributed by atoms with van der Waals surface area (Å²) in [7, 11) is 3.28. The highest BCUT2D eigenvalue weighted by Crippen LogP contribution is 2.25. The van der Waals surface area contributed by atoms with Crippen LogP contribution in [0, 0.1) is 0 Å². The zero-order valence-corrected chi connectivity index (χ0v) is 20.4. The number of rotatable bonds is 10. The van der Waals surface area contributed by atoms with E-state index in [1.54, 1.807) is 43.0 Å². The molecule has 1 heterocycles. The summed E-state index contributed by atoms with van der Waals surface area (Å²) in [6, 6.07) is 13.6. The second-order valence-corrected chi connectivity index (χ2v) is 8.86. The van der Waals surface area contributed by atoms with Gasteiger partial charge in [-0.2, -0.15) is 0 Å². The molecule has 34 heavy (non-hydrogen) atoms. The fraction of sp³-hybridized carbons (Fsp3) is 0.333. The first-order valence-electron chi connectivity index (χ1n) is 10.8. The smallest absolute Gasteiger partial charge is 0.251 e. The van der Waals surface area contributed by atoms with Gasteiger partial charge in [0.15, 0.2) is 11.0 Å². The fourth-order valence-electron chi connectivity index (χ4n) is 3.36. The monoisotopic (exact) mass is 483 g/mol. The maximum atomic E-state index is 12.6. The number of nitrogens with one attached hydrogen (secondary N) is 2. The fourth-order valence-corrected chi connectivity index (χ4v) is 4.08. The standard InChI is InChI=1S/C24H29N5O4S/c1-15(2)18-7-5-6-8-19(18)25-21(31)14-34-24-28-27-22(29(24)3)20(13-30)26-23(32)16-9-11-17(33-4)12-10-16/h5-12,15,20,30H,13-14H2,1-4H3,(H,25,31)(H,26,32). The number of carbonyl (C=O) groups excluding carboxylic acids is 2. The Morgan fingerprint density at radius 3 is 2.47 bits per heavy atom. The van der Waals surface area contributed by atoms with Crippen LogP contribution in [-0.2, 0) is 11.8 Å². The highest BCUT2D eigenvalue weighted by Gasteiger charge is 2.22. The van der Waals surface area contributed by atoms with Crippen molar-refractivity contribution in [3.8, 4) is 5.75 Å². The Hall–Kier alpha value is -3.37. The minimum Gasteiger partial charge on any atom is -0.497 e. The number of ether oxygens (including phenoxy) is 1. The van der Waals surface area contributed by atoms with E-state index in [1.165, 1.54) is 11.8 Å². The Bertz CT molecular complexity index is 1130. The number of anilines is 1. The number of aliphatic hydroxyl groups excluding tert-OH is 1. The number of hydrogen-bond donors (Lipinski definition) is 3. The molecular formula is C24H29N5O4S. The van der Waals surface area contributed by atoms with Crippen LogP contribution >= 0.6 is 11.8 Å². The molecule has 0 saturated heterocycles. The average Bonchev–Trinajstić information content (AvgIpc) is 3.21. The van der Waals surface area contributed by atoms with E-state index in [9.17, 15) is 14.7 Å². The molecule has 0 radical (unpaired) electrons. The summed E-state index contributed by atoms with van der Waals surface area (Å²) < 4.78 is 6.77. The molecule has 0 fully saturated rings. The van der Waals surface area contributed by atoms with Gasteiger partial charge in [-0.15, -0.1) is 10.2 Å². The first-order valence-corrected chi connectivity index (χ1v) is 11.8. The molecule has 2 aromatic carbocycles. The lowest BCUT2D eigenvalue weighted by Gasteiger charge is -2.16. The number of hydrogen-bond acceptors (Lipinski definition) is 7. The molecule has 3 aromatic rings. The summed E-state index contributed by atoms with van der Waals surface area (Å²) in [6.45, 7) is 3.79. The Morgan fingerprint density at radius 1 is 1.12 bits per heavy atom. The summed E-state index contributed by atoms with van der Waals surface area (Å²) in [6.07, 6.45) is 0. The van der Waals surface area contributed by atoms with Crippen molar-refractivity contribution >= 4 is 29.3 Å². The van der Waals surface area contributed by atoms with Crippen molar-refractivity contribution in [3.63, 3.8) is 0 Å². The Kier molecular flexibility index (Phi) is 8.67. The third-order valence-corrected chi connectivity index (χ3v) is 6.23. The van der Waals surface area contributed by atoms with E-state index in [0.29, 0.717) is 22.3 Å². The van der Waals surface area contributed by atoms with Crippen LogP contribution in [0.25, 0.3) is 0 Å². The largest absolute Gasteiger partial charge is 0.497 e. The first kappa shape index (κ1) is 25.3. The summed E-state index contributed by atoms with van der Waals surface area (Å²) in [4.78, 5) is 25.1. The van der Waals surface area contributed by atoms with Crippen molar-refractivity contribution in [2.45, 2.75) is 31.0 Å². The van der Waals surface area contributed by atoms with Crippen LogP contribution in [0.3, 0.4) is 0 Å². The number of thioether (sulfide) groups is 1. The predicted octanol–water partition coefficient (Wildman–Crippen LogP) is 3.14. The van der Waals surface area contributed by atoms with Crippen molar-refractivity contribution in [2.75, 3.05) is 24.8 Å². The van der Waals surface area contributed by atoms with E-state index in [0.717, 1.165) is 11.3 Å². The number of aromatic nitrogens is 3. The van der Waals surface area contributed by atoms with Crippen LogP contribution in [0.2, 0.25) is 0 Å². The quantitative estimate of drug-likeness (QED) is 0.379.